The molecule has 7 heteroatoms. The van der Waals surface area contributed by atoms with Crippen LogP contribution in [0.15, 0.2) is 15.7 Å². The maximum atomic E-state index is 12.3. The van der Waals surface area contributed by atoms with Gasteiger partial charge in [0.25, 0.3) is 10.0 Å². The molecule has 1 aliphatic heterocycles. The van der Waals surface area contributed by atoms with Gasteiger partial charge in [0.15, 0.2) is 0 Å². The first-order valence-electron chi connectivity index (χ1n) is 6.82. The summed E-state index contributed by atoms with van der Waals surface area (Å²) in [7, 11) is -3.36. The Kier molecular flexibility index (Phi) is 3.60. The number of hydrogen-bond donors (Lipinski definition) is 1. The standard InChI is InChI=1S/C13H18N2O3S2/c1-9-5-12(19-8-9)20(17,18)15-6-11(7-15)14-13(16)10-3-2-4-10/h5,8,10-11H,2-4,6-7H2,1H3,(H,14,16). The van der Waals surface area contributed by atoms with Crippen molar-refractivity contribution in [3.63, 3.8) is 0 Å². The average Bonchev–Trinajstić information content (AvgIpc) is 2.67. The number of carbonyl (C=O) groups is 1. The van der Waals surface area contributed by atoms with Crippen molar-refractivity contribution in [2.75, 3.05) is 13.1 Å². The molecule has 2 fully saturated rings. The lowest BCUT2D eigenvalue weighted by atomic mass is 9.84. The highest BCUT2D eigenvalue weighted by molar-refractivity contribution is 7.91. The molecule has 0 bridgehead atoms. The fraction of sp³-hybridized carbons (Fsp3) is 0.615. The Morgan fingerprint density at radius 1 is 1.40 bits per heavy atom. The number of nitrogens with zero attached hydrogens (tertiary/aromatic N) is 1. The predicted octanol–water partition coefficient (Wildman–Crippen LogP) is 1.35. The molecule has 0 spiro atoms. The minimum absolute atomic E-state index is 0.0288. The molecular formula is C13H18N2O3S2. The third-order valence-corrected chi connectivity index (χ3v) is 7.34. The molecule has 5 nitrogen and oxygen atoms in total. The van der Waals surface area contributed by atoms with Crippen molar-refractivity contribution < 1.29 is 13.2 Å². The first kappa shape index (κ1) is 14.0. The van der Waals surface area contributed by atoms with Crippen LogP contribution in [0.1, 0.15) is 24.8 Å². The topological polar surface area (TPSA) is 66.5 Å². The van der Waals surface area contributed by atoms with Gasteiger partial charge in [0.2, 0.25) is 5.91 Å². The number of nitrogens with one attached hydrogen (secondary N) is 1. The highest BCUT2D eigenvalue weighted by Gasteiger charge is 2.39. The molecule has 0 radical (unpaired) electrons. The van der Waals surface area contributed by atoms with Crippen LogP contribution in [0, 0.1) is 12.8 Å². The monoisotopic (exact) mass is 314 g/mol. The molecule has 2 heterocycles. The normalized spacial score (nSPS) is 21.2. The molecule has 0 atom stereocenters. The highest BCUT2D eigenvalue weighted by atomic mass is 32.2. The number of thiophene rings is 1. The van der Waals surface area contributed by atoms with Crippen LogP contribution in [0.2, 0.25) is 0 Å². The van der Waals surface area contributed by atoms with E-state index in [0.717, 1.165) is 24.8 Å². The fourth-order valence-electron chi connectivity index (χ4n) is 2.38. The van der Waals surface area contributed by atoms with E-state index >= 15 is 0 Å². The molecule has 1 aromatic rings. The SMILES string of the molecule is Cc1csc(S(=O)(=O)N2CC(NC(=O)C3CCC3)C2)c1. The van der Waals surface area contributed by atoms with Gasteiger partial charge in [0.1, 0.15) is 4.21 Å². The van der Waals surface area contributed by atoms with Gasteiger partial charge in [-0.05, 0) is 36.8 Å². The minimum atomic E-state index is -3.36. The van der Waals surface area contributed by atoms with E-state index in [4.69, 9.17) is 0 Å². The van der Waals surface area contributed by atoms with E-state index in [1.165, 1.54) is 15.6 Å². The van der Waals surface area contributed by atoms with Gasteiger partial charge in [-0.3, -0.25) is 4.79 Å². The highest BCUT2D eigenvalue weighted by Crippen LogP contribution is 2.29. The zero-order valence-corrected chi connectivity index (χ0v) is 13.0. The molecule has 1 saturated carbocycles. The Morgan fingerprint density at radius 3 is 2.60 bits per heavy atom. The van der Waals surface area contributed by atoms with E-state index < -0.39 is 10.0 Å². The van der Waals surface area contributed by atoms with Gasteiger partial charge in [-0.25, -0.2) is 8.42 Å². The predicted molar refractivity (Wildman–Crippen MR) is 77.1 cm³/mol. The van der Waals surface area contributed by atoms with E-state index in [-0.39, 0.29) is 17.9 Å². The van der Waals surface area contributed by atoms with Gasteiger partial charge in [0, 0.05) is 19.0 Å². The lowest BCUT2D eigenvalue weighted by Gasteiger charge is -2.39. The second-order valence-electron chi connectivity index (χ2n) is 5.60. The van der Waals surface area contributed by atoms with Gasteiger partial charge in [-0.2, -0.15) is 4.31 Å². The molecule has 1 aliphatic carbocycles. The smallest absolute Gasteiger partial charge is 0.252 e. The summed E-state index contributed by atoms with van der Waals surface area (Å²) in [6, 6.07) is 1.67. The third-order valence-electron chi connectivity index (χ3n) is 3.97. The van der Waals surface area contributed by atoms with Crippen molar-refractivity contribution in [2.45, 2.75) is 36.4 Å². The number of aryl methyl sites for hydroxylation is 1. The fourth-order valence-corrected chi connectivity index (χ4v) is 5.30. The van der Waals surface area contributed by atoms with E-state index in [1.807, 2.05) is 12.3 Å². The van der Waals surface area contributed by atoms with Crippen LogP contribution < -0.4 is 5.32 Å². The second kappa shape index (κ2) is 5.13. The Hall–Kier alpha value is -0.920. The quantitative estimate of drug-likeness (QED) is 0.912. The van der Waals surface area contributed by atoms with Crippen molar-refractivity contribution in [1.29, 1.82) is 0 Å². The van der Waals surface area contributed by atoms with E-state index in [9.17, 15) is 13.2 Å². The molecular weight excluding hydrogens is 296 g/mol. The zero-order chi connectivity index (χ0) is 14.3. The number of rotatable bonds is 4. The molecule has 1 amide bonds. The van der Waals surface area contributed by atoms with Crippen molar-refractivity contribution in [1.82, 2.24) is 9.62 Å². The Labute approximate surface area is 123 Å². The van der Waals surface area contributed by atoms with Crippen LogP contribution in [-0.2, 0) is 14.8 Å². The lowest BCUT2D eigenvalue weighted by Crippen LogP contribution is -2.61. The summed E-state index contributed by atoms with van der Waals surface area (Å²) in [4.78, 5) is 11.8. The van der Waals surface area contributed by atoms with Crippen LogP contribution in [-0.4, -0.2) is 37.8 Å². The molecule has 0 unspecified atom stereocenters. The third kappa shape index (κ3) is 2.49. The van der Waals surface area contributed by atoms with Crippen LogP contribution in [0.25, 0.3) is 0 Å². The summed E-state index contributed by atoms with van der Waals surface area (Å²) >= 11 is 1.25. The van der Waals surface area contributed by atoms with Gasteiger partial charge in [-0.1, -0.05) is 6.42 Å². The van der Waals surface area contributed by atoms with Crippen molar-refractivity contribution >= 4 is 27.3 Å². The zero-order valence-electron chi connectivity index (χ0n) is 11.3. The van der Waals surface area contributed by atoms with Crippen LogP contribution in [0.5, 0.6) is 0 Å². The summed E-state index contributed by atoms with van der Waals surface area (Å²) in [6.45, 7) is 2.66. The van der Waals surface area contributed by atoms with Gasteiger partial charge in [-0.15, -0.1) is 11.3 Å². The number of amides is 1. The number of sulfonamides is 1. The molecule has 1 N–H and O–H groups in total. The summed E-state index contributed by atoms with van der Waals surface area (Å²) in [6.07, 6.45) is 3.06. The molecule has 3 rings (SSSR count). The Bertz CT molecular complexity index is 613. The van der Waals surface area contributed by atoms with Crippen LogP contribution in [0.3, 0.4) is 0 Å². The first-order valence-corrected chi connectivity index (χ1v) is 9.14. The molecule has 2 aliphatic rings. The summed E-state index contributed by atoms with van der Waals surface area (Å²) in [5.41, 5.74) is 0.962. The maximum Gasteiger partial charge on any atom is 0.252 e. The maximum absolute atomic E-state index is 12.3. The largest absolute Gasteiger partial charge is 0.350 e. The van der Waals surface area contributed by atoms with Crippen LogP contribution in [0.4, 0.5) is 0 Å². The van der Waals surface area contributed by atoms with Crippen LogP contribution >= 0.6 is 11.3 Å². The average molecular weight is 314 g/mol. The van der Waals surface area contributed by atoms with Gasteiger partial charge < -0.3 is 5.32 Å². The first-order chi connectivity index (χ1) is 9.46. The minimum Gasteiger partial charge on any atom is -0.350 e. The second-order valence-corrected chi connectivity index (χ2v) is 8.67. The number of hydrogen-bond acceptors (Lipinski definition) is 4. The number of carbonyl (C=O) groups excluding carboxylic acids is 1. The van der Waals surface area contributed by atoms with Crippen molar-refractivity contribution in [3.8, 4) is 0 Å². The van der Waals surface area contributed by atoms with Gasteiger partial charge >= 0.3 is 0 Å². The van der Waals surface area contributed by atoms with E-state index in [0.29, 0.717) is 17.3 Å². The molecule has 110 valence electrons. The summed E-state index contributed by atoms with van der Waals surface area (Å²) in [5, 5.41) is 4.77. The van der Waals surface area contributed by atoms with E-state index in [1.54, 1.807) is 6.07 Å². The summed E-state index contributed by atoms with van der Waals surface area (Å²) < 4.78 is 26.4. The molecule has 1 aromatic heterocycles. The van der Waals surface area contributed by atoms with Crippen molar-refractivity contribution in [2.24, 2.45) is 5.92 Å². The summed E-state index contributed by atoms with van der Waals surface area (Å²) in [5.74, 6) is 0.242. The van der Waals surface area contributed by atoms with Gasteiger partial charge in [0.05, 0.1) is 6.04 Å². The molecule has 20 heavy (non-hydrogen) atoms. The molecule has 0 aromatic carbocycles. The molecule has 1 saturated heterocycles. The van der Waals surface area contributed by atoms with E-state index in [2.05, 4.69) is 5.32 Å². The lowest BCUT2D eigenvalue weighted by molar-refractivity contribution is -0.128. The van der Waals surface area contributed by atoms with Crippen molar-refractivity contribution in [3.05, 3.63) is 17.0 Å². The Morgan fingerprint density at radius 2 is 2.10 bits per heavy atom. The Balaban J connectivity index is 1.55.